The number of rotatable bonds is 5. The molecule has 1 aromatic heterocycles. The summed E-state index contributed by atoms with van der Waals surface area (Å²) in [5, 5.41) is 8.94. The molecule has 0 fully saturated rings. The molecule has 2 amide bonds. The van der Waals surface area contributed by atoms with Gasteiger partial charge in [-0.25, -0.2) is 4.68 Å². The number of anilines is 2. The molecule has 6 nitrogen and oxygen atoms in total. The Morgan fingerprint density at radius 3 is 2.26 bits per heavy atom. The quantitative estimate of drug-likeness (QED) is 0.542. The maximum atomic E-state index is 13.8. The summed E-state index contributed by atoms with van der Waals surface area (Å²) < 4.78 is 42.1. The van der Waals surface area contributed by atoms with Crippen LogP contribution in [0.15, 0.2) is 48.7 Å². The summed E-state index contributed by atoms with van der Waals surface area (Å²) in [5.74, 6) is -1.29. The Morgan fingerprint density at radius 1 is 1.06 bits per heavy atom. The van der Waals surface area contributed by atoms with E-state index in [1.54, 1.807) is 26.0 Å². The zero-order valence-electron chi connectivity index (χ0n) is 16.5. The molecule has 0 aliphatic carbocycles. The van der Waals surface area contributed by atoms with Gasteiger partial charge in [0.2, 0.25) is 5.91 Å². The molecule has 10 heteroatoms. The molecule has 0 bridgehead atoms. The molecule has 162 valence electrons. The van der Waals surface area contributed by atoms with Gasteiger partial charge < -0.3 is 10.6 Å². The number of aromatic nitrogens is 2. The third-order valence-electron chi connectivity index (χ3n) is 4.32. The lowest BCUT2D eigenvalue weighted by molar-refractivity contribution is -0.143. The van der Waals surface area contributed by atoms with Gasteiger partial charge in [-0.2, -0.15) is 18.3 Å². The Kier molecular flexibility index (Phi) is 6.35. The Bertz CT molecular complexity index is 1120. The average Bonchev–Trinajstić information content (AvgIpc) is 3.14. The van der Waals surface area contributed by atoms with Crippen LogP contribution < -0.4 is 10.6 Å². The topological polar surface area (TPSA) is 76.0 Å². The number of amides is 2. The van der Waals surface area contributed by atoms with Gasteiger partial charge in [-0.05, 0) is 37.3 Å². The van der Waals surface area contributed by atoms with E-state index < -0.39 is 23.3 Å². The molecule has 2 aromatic carbocycles. The SMILES string of the molecule is CCC(=O)Nc1cc(Cl)cc(NC(=O)c2cnn(-c3ccc(C)cc3)c2C(F)(F)F)c1. The predicted molar refractivity (Wildman–Crippen MR) is 112 cm³/mol. The van der Waals surface area contributed by atoms with Crippen LogP contribution in [0.4, 0.5) is 24.5 Å². The molecule has 0 unspecified atom stereocenters. The molecule has 3 aromatic rings. The second-order valence-electron chi connectivity index (χ2n) is 6.74. The van der Waals surface area contributed by atoms with Crippen molar-refractivity contribution in [3.8, 4) is 5.69 Å². The van der Waals surface area contributed by atoms with Crippen LogP contribution >= 0.6 is 11.6 Å². The number of hydrogen-bond donors (Lipinski definition) is 2. The first-order valence-corrected chi connectivity index (χ1v) is 9.60. The Balaban J connectivity index is 1.95. The minimum absolute atomic E-state index is 0.125. The summed E-state index contributed by atoms with van der Waals surface area (Å²) in [6.45, 7) is 3.46. The van der Waals surface area contributed by atoms with Crippen LogP contribution in [-0.2, 0) is 11.0 Å². The van der Waals surface area contributed by atoms with E-state index in [-0.39, 0.29) is 28.7 Å². The number of aryl methyl sites for hydroxylation is 1. The molecule has 0 radical (unpaired) electrons. The second-order valence-corrected chi connectivity index (χ2v) is 7.17. The normalized spacial score (nSPS) is 11.3. The highest BCUT2D eigenvalue weighted by molar-refractivity contribution is 6.31. The van der Waals surface area contributed by atoms with Gasteiger partial charge in [0, 0.05) is 22.8 Å². The minimum atomic E-state index is -4.83. The molecule has 0 saturated heterocycles. The third-order valence-corrected chi connectivity index (χ3v) is 4.54. The summed E-state index contributed by atoms with van der Waals surface area (Å²) in [7, 11) is 0. The molecule has 0 spiro atoms. The van der Waals surface area contributed by atoms with E-state index in [1.807, 2.05) is 0 Å². The lowest BCUT2D eigenvalue weighted by Crippen LogP contribution is -2.21. The van der Waals surface area contributed by atoms with Crippen molar-refractivity contribution < 1.29 is 22.8 Å². The number of hydrogen-bond acceptors (Lipinski definition) is 3. The number of alkyl halides is 3. The maximum Gasteiger partial charge on any atom is 0.434 e. The molecular formula is C21H18ClF3N4O2. The van der Waals surface area contributed by atoms with Crippen molar-refractivity contribution in [3.63, 3.8) is 0 Å². The summed E-state index contributed by atoms with van der Waals surface area (Å²) in [6, 6.07) is 10.5. The molecule has 31 heavy (non-hydrogen) atoms. The first-order chi connectivity index (χ1) is 14.6. The molecule has 2 N–H and O–H groups in total. The molecule has 0 aliphatic rings. The monoisotopic (exact) mass is 450 g/mol. The summed E-state index contributed by atoms with van der Waals surface area (Å²) in [6.07, 6.45) is -3.74. The van der Waals surface area contributed by atoms with Gasteiger partial charge in [0.15, 0.2) is 5.69 Å². The first-order valence-electron chi connectivity index (χ1n) is 9.22. The van der Waals surface area contributed by atoms with E-state index in [2.05, 4.69) is 15.7 Å². The molecule has 0 saturated carbocycles. The van der Waals surface area contributed by atoms with E-state index in [0.717, 1.165) is 11.8 Å². The number of nitrogens with one attached hydrogen (secondary N) is 2. The first kappa shape index (κ1) is 22.4. The minimum Gasteiger partial charge on any atom is -0.326 e. The van der Waals surface area contributed by atoms with Crippen molar-refractivity contribution in [1.82, 2.24) is 9.78 Å². The van der Waals surface area contributed by atoms with Gasteiger partial charge in [-0.1, -0.05) is 36.2 Å². The van der Waals surface area contributed by atoms with Crippen LogP contribution in [0.3, 0.4) is 0 Å². The predicted octanol–water partition coefficient (Wildman–Crippen LogP) is 5.45. The zero-order valence-corrected chi connectivity index (χ0v) is 17.3. The van der Waals surface area contributed by atoms with Crippen molar-refractivity contribution in [2.45, 2.75) is 26.4 Å². The van der Waals surface area contributed by atoms with Gasteiger partial charge >= 0.3 is 6.18 Å². The van der Waals surface area contributed by atoms with Gasteiger partial charge in [0.05, 0.1) is 17.4 Å². The Hall–Kier alpha value is -3.33. The third kappa shape index (κ3) is 5.24. The number of halogens is 4. The van der Waals surface area contributed by atoms with Crippen molar-refractivity contribution in [3.05, 3.63) is 70.5 Å². The Morgan fingerprint density at radius 2 is 1.68 bits per heavy atom. The Labute approximate surface area is 181 Å². The van der Waals surface area contributed by atoms with Gasteiger partial charge in [0.25, 0.3) is 5.91 Å². The van der Waals surface area contributed by atoms with Crippen LogP contribution in [0.5, 0.6) is 0 Å². The van der Waals surface area contributed by atoms with Crippen molar-refractivity contribution in [2.75, 3.05) is 10.6 Å². The smallest absolute Gasteiger partial charge is 0.326 e. The highest BCUT2D eigenvalue weighted by atomic mass is 35.5. The van der Waals surface area contributed by atoms with Crippen molar-refractivity contribution in [1.29, 1.82) is 0 Å². The molecular weight excluding hydrogens is 433 g/mol. The number of nitrogens with zero attached hydrogens (tertiary/aromatic N) is 2. The van der Waals surface area contributed by atoms with E-state index in [1.165, 1.54) is 30.3 Å². The lowest BCUT2D eigenvalue weighted by atomic mass is 10.2. The molecule has 0 atom stereocenters. The fourth-order valence-electron chi connectivity index (χ4n) is 2.85. The zero-order chi connectivity index (χ0) is 22.8. The average molecular weight is 451 g/mol. The lowest BCUT2D eigenvalue weighted by Gasteiger charge is -2.13. The maximum absolute atomic E-state index is 13.8. The summed E-state index contributed by atoms with van der Waals surface area (Å²) >= 11 is 6.01. The summed E-state index contributed by atoms with van der Waals surface area (Å²) in [4.78, 5) is 24.3. The van der Waals surface area contributed by atoms with Gasteiger partial charge in [-0.3, -0.25) is 9.59 Å². The van der Waals surface area contributed by atoms with Crippen molar-refractivity contribution in [2.24, 2.45) is 0 Å². The largest absolute Gasteiger partial charge is 0.434 e. The van der Waals surface area contributed by atoms with Crippen LogP contribution in [0.2, 0.25) is 5.02 Å². The van der Waals surface area contributed by atoms with E-state index in [9.17, 15) is 22.8 Å². The van der Waals surface area contributed by atoms with Crippen LogP contribution in [0.1, 0.15) is 35.0 Å². The highest BCUT2D eigenvalue weighted by Crippen LogP contribution is 2.34. The number of benzene rings is 2. The van der Waals surface area contributed by atoms with Gasteiger partial charge in [-0.15, -0.1) is 0 Å². The molecule has 3 rings (SSSR count). The highest BCUT2D eigenvalue weighted by Gasteiger charge is 2.40. The second kappa shape index (κ2) is 8.81. The number of carbonyl (C=O) groups excluding carboxylic acids is 2. The van der Waals surface area contributed by atoms with Crippen LogP contribution in [0, 0.1) is 6.92 Å². The van der Waals surface area contributed by atoms with Crippen LogP contribution in [0.25, 0.3) is 5.69 Å². The molecule has 1 heterocycles. The van der Waals surface area contributed by atoms with Crippen molar-refractivity contribution >= 4 is 34.8 Å². The summed E-state index contributed by atoms with van der Waals surface area (Å²) in [5.41, 5.74) is -0.373. The number of carbonyl (C=O) groups is 2. The fraction of sp³-hybridized carbons (Fsp3) is 0.190. The standard InChI is InChI=1S/C21H18ClF3N4O2/c1-3-18(30)27-14-8-13(22)9-15(10-14)28-20(31)17-11-26-29(19(17)21(23,24)25)16-6-4-12(2)5-7-16/h4-11H,3H2,1-2H3,(H,27,30)(H,28,31). The molecule has 0 aliphatic heterocycles. The van der Waals surface area contributed by atoms with E-state index in [4.69, 9.17) is 11.6 Å². The van der Waals surface area contributed by atoms with E-state index in [0.29, 0.717) is 10.4 Å². The van der Waals surface area contributed by atoms with Gasteiger partial charge in [0.1, 0.15) is 0 Å². The van der Waals surface area contributed by atoms with Crippen LogP contribution in [-0.4, -0.2) is 21.6 Å². The fourth-order valence-corrected chi connectivity index (χ4v) is 3.09. The van der Waals surface area contributed by atoms with E-state index >= 15 is 0 Å².